The number of carbonyl (C=O) groups excluding carboxylic acids is 1. The summed E-state index contributed by atoms with van der Waals surface area (Å²) in [6.07, 6.45) is 3.49. The molecule has 7 nitrogen and oxygen atoms in total. The predicted octanol–water partition coefficient (Wildman–Crippen LogP) is 1.92. The van der Waals surface area contributed by atoms with Crippen molar-refractivity contribution in [2.45, 2.75) is 13.0 Å². The molecule has 1 aromatic carbocycles. The first-order chi connectivity index (χ1) is 13.0. The van der Waals surface area contributed by atoms with Crippen LogP contribution in [0.4, 0.5) is 10.7 Å². The van der Waals surface area contributed by atoms with Gasteiger partial charge in [0, 0.05) is 45.1 Å². The van der Waals surface area contributed by atoms with E-state index in [0.717, 1.165) is 19.0 Å². The van der Waals surface area contributed by atoms with Crippen molar-refractivity contribution in [3.05, 3.63) is 53.9 Å². The van der Waals surface area contributed by atoms with Gasteiger partial charge in [0.25, 0.3) is 0 Å². The molecular weight excluding hydrogens is 340 g/mol. The standard InChI is InChI=1S/C20H28N6O/c1-16-5-7-17(8-6-16)18(24(2)3)15-23-20(27)26-13-11-25(12-14-26)19-21-9-4-10-22-19/h4-10,18H,11-15H2,1-3H3,(H,23,27). The lowest BCUT2D eigenvalue weighted by Crippen LogP contribution is -2.53. The maximum Gasteiger partial charge on any atom is 0.317 e. The van der Waals surface area contributed by atoms with Crippen LogP contribution in [0.5, 0.6) is 0 Å². The number of anilines is 1. The van der Waals surface area contributed by atoms with Gasteiger partial charge < -0.3 is 20.0 Å². The Bertz CT molecular complexity index is 726. The van der Waals surface area contributed by atoms with Crippen molar-refractivity contribution >= 4 is 12.0 Å². The van der Waals surface area contributed by atoms with E-state index in [-0.39, 0.29) is 12.1 Å². The Labute approximate surface area is 161 Å². The molecule has 27 heavy (non-hydrogen) atoms. The van der Waals surface area contributed by atoms with Gasteiger partial charge in [0.1, 0.15) is 0 Å². The second-order valence-electron chi connectivity index (χ2n) is 7.10. The Morgan fingerprint density at radius 3 is 2.33 bits per heavy atom. The Hall–Kier alpha value is -2.67. The molecule has 1 saturated heterocycles. The van der Waals surface area contributed by atoms with Crippen molar-refractivity contribution in [3.8, 4) is 0 Å². The van der Waals surface area contributed by atoms with Gasteiger partial charge in [-0.05, 0) is 32.6 Å². The minimum atomic E-state index is -0.0115. The van der Waals surface area contributed by atoms with Crippen LogP contribution in [0.2, 0.25) is 0 Å². The van der Waals surface area contributed by atoms with Crippen molar-refractivity contribution in [1.29, 1.82) is 0 Å². The van der Waals surface area contributed by atoms with E-state index in [4.69, 9.17) is 0 Å². The molecule has 0 aliphatic carbocycles. The highest BCUT2D eigenvalue weighted by molar-refractivity contribution is 5.74. The van der Waals surface area contributed by atoms with E-state index < -0.39 is 0 Å². The van der Waals surface area contributed by atoms with Crippen molar-refractivity contribution in [1.82, 2.24) is 25.1 Å². The normalized spacial score (nSPS) is 15.7. The molecule has 2 heterocycles. The first-order valence-corrected chi connectivity index (χ1v) is 9.32. The van der Waals surface area contributed by atoms with Crippen LogP contribution < -0.4 is 10.2 Å². The van der Waals surface area contributed by atoms with Gasteiger partial charge in [-0.1, -0.05) is 29.8 Å². The third kappa shape index (κ3) is 4.95. The highest BCUT2D eigenvalue weighted by atomic mass is 16.2. The molecule has 1 N–H and O–H groups in total. The van der Waals surface area contributed by atoms with Gasteiger partial charge in [-0.3, -0.25) is 0 Å². The smallest absolute Gasteiger partial charge is 0.317 e. The van der Waals surface area contributed by atoms with Crippen LogP contribution in [0, 0.1) is 6.92 Å². The minimum Gasteiger partial charge on any atom is -0.337 e. The Kier molecular flexibility index (Phi) is 6.24. The lowest BCUT2D eigenvalue weighted by atomic mass is 10.0. The molecule has 1 atom stereocenters. The number of aromatic nitrogens is 2. The summed E-state index contributed by atoms with van der Waals surface area (Å²) < 4.78 is 0. The van der Waals surface area contributed by atoms with Gasteiger partial charge >= 0.3 is 6.03 Å². The average Bonchev–Trinajstić information content (AvgIpc) is 2.70. The summed E-state index contributed by atoms with van der Waals surface area (Å²) in [5.41, 5.74) is 2.44. The molecule has 1 fully saturated rings. The van der Waals surface area contributed by atoms with E-state index in [1.54, 1.807) is 12.4 Å². The number of piperazine rings is 1. The van der Waals surface area contributed by atoms with Gasteiger partial charge in [-0.15, -0.1) is 0 Å². The van der Waals surface area contributed by atoms with Crippen LogP contribution in [0.15, 0.2) is 42.7 Å². The number of hydrogen-bond donors (Lipinski definition) is 1. The maximum absolute atomic E-state index is 12.6. The van der Waals surface area contributed by atoms with Crippen LogP contribution in [-0.2, 0) is 0 Å². The second-order valence-corrected chi connectivity index (χ2v) is 7.10. The molecule has 1 unspecified atom stereocenters. The lowest BCUT2D eigenvalue weighted by molar-refractivity contribution is 0.189. The van der Waals surface area contributed by atoms with Crippen LogP contribution in [-0.4, -0.2) is 72.6 Å². The largest absolute Gasteiger partial charge is 0.337 e. The Balaban J connectivity index is 1.52. The molecule has 2 amide bonds. The summed E-state index contributed by atoms with van der Waals surface area (Å²) in [7, 11) is 4.07. The van der Waals surface area contributed by atoms with E-state index in [1.165, 1.54) is 11.1 Å². The summed E-state index contributed by atoms with van der Waals surface area (Å²) in [6, 6.07) is 10.4. The van der Waals surface area contributed by atoms with Crippen molar-refractivity contribution in [2.24, 2.45) is 0 Å². The Morgan fingerprint density at radius 2 is 1.74 bits per heavy atom. The monoisotopic (exact) mass is 368 g/mol. The van der Waals surface area contributed by atoms with Crippen molar-refractivity contribution in [2.75, 3.05) is 51.7 Å². The number of nitrogens with zero attached hydrogens (tertiary/aromatic N) is 5. The minimum absolute atomic E-state index is 0.0115. The van der Waals surface area contributed by atoms with Gasteiger partial charge in [0.15, 0.2) is 0 Å². The number of likely N-dealkylation sites (N-methyl/N-ethyl adjacent to an activating group) is 1. The van der Waals surface area contributed by atoms with E-state index in [0.29, 0.717) is 19.6 Å². The predicted molar refractivity (Wildman–Crippen MR) is 107 cm³/mol. The van der Waals surface area contributed by atoms with Gasteiger partial charge in [0.2, 0.25) is 5.95 Å². The summed E-state index contributed by atoms with van der Waals surface area (Å²) in [4.78, 5) is 27.3. The molecule has 7 heteroatoms. The maximum atomic E-state index is 12.6. The fourth-order valence-corrected chi connectivity index (χ4v) is 3.25. The van der Waals surface area contributed by atoms with E-state index in [9.17, 15) is 4.79 Å². The second kappa shape index (κ2) is 8.81. The molecule has 2 aromatic rings. The topological polar surface area (TPSA) is 64.6 Å². The van der Waals surface area contributed by atoms with Gasteiger partial charge in [0.05, 0.1) is 6.04 Å². The zero-order valence-corrected chi connectivity index (χ0v) is 16.3. The fraction of sp³-hybridized carbons (Fsp3) is 0.450. The Morgan fingerprint density at radius 1 is 1.11 bits per heavy atom. The number of benzene rings is 1. The first kappa shape index (κ1) is 19.1. The number of rotatable bonds is 5. The fourth-order valence-electron chi connectivity index (χ4n) is 3.25. The van der Waals surface area contributed by atoms with Gasteiger partial charge in [-0.25, -0.2) is 14.8 Å². The lowest BCUT2D eigenvalue weighted by Gasteiger charge is -2.35. The molecule has 0 spiro atoms. The molecule has 3 rings (SSSR count). The van der Waals surface area contributed by atoms with Gasteiger partial charge in [-0.2, -0.15) is 0 Å². The highest BCUT2D eigenvalue weighted by Crippen LogP contribution is 2.18. The summed E-state index contributed by atoms with van der Waals surface area (Å²) in [5, 5.41) is 3.10. The first-order valence-electron chi connectivity index (χ1n) is 9.32. The van der Waals surface area contributed by atoms with Crippen molar-refractivity contribution in [3.63, 3.8) is 0 Å². The number of carbonyl (C=O) groups is 1. The molecular formula is C20H28N6O. The third-order valence-electron chi connectivity index (χ3n) is 4.93. The number of hydrogen-bond acceptors (Lipinski definition) is 5. The van der Waals surface area contributed by atoms with Crippen LogP contribution in [0.25, 0.3) is 0 Å². The SMILES string of the molecule is Cc1ccc(C(CNC(=O)N2CCN(c3ncccn3)CC2)N(C)C)cc1. The quantitative estimate of drug-likeness (QED) is 0.874. The molecule has 0 radical (unpaired) electrons. The summed E-state index contributed by atoms with van der Waals surface area (Å²) >= 11 is 0. The third-order valence-corrected chi connectivity index (χ3v) is 4.93. The number of amides is 2. The van der Waals surface area contributed by atoms with E-state index >= 15 is 0 Å². The highest BCUT2D eigenvalue weighted by Gasteiger charge is 2.23. The molecule has 1 aliphatic rings. The molecule has 0 saturated carbocycles. The van der Waals surface area contributed by atoms with Crippen LogP contribution in [0.3, 0.4) is 0 Å². The molecule has 144 valence electrons. The van der Waals surface area contributed by atoms with Crippen molar-refractivity contribution < 1.29 is 4.79 Å². The zero-order chi connectivity index (χ0) is 19.2. The zero-order valence-electron chi connectivity index (χ0n) is 16.3. The number of aryl methyl sites for hydroxylation is 1. The summed E-state index contributed by atoms with van der Waals surface area (Å²) in [5.74, 6) is 0.726. The molecule has 1 aromatic heterocycles. The van der Waals surface area contributed by atoms with Crippen LogP contribution >= 0.6 is 0 Å². The number of urea groups is 1. The van der Waals surface area contributed by atoms with E-state index in [1.807, 2.05) is 25.1 Å². The molecule has 0 bridgehead atoms. The van der Waals surface area contributed by atoms with Crippen LogP contribution in [0.1, 0.15) is 17.2 Å². The number of nitrogens with one attached hydrogen (secondary N) is 1. The molecule has 1 aliphatic heterocycles. The average molecular weight is 368 g/mol. The van der Waals surface area contributed by atoms with E-state index in [2.05, 4.69) is 56.3 Å². The summed E-state index contributed by atoms with van der Waals surface area (Å²) in [6.45, 7) is 5.48.